The smallest absolute Gasteiger partial charge is 0.323 e. The Morgan fingerprint density at radius 1 is 1.32 bits per heavy atom. The summed E-state index contributed by atoms with van der Waals surface area (Å²) >= 11 is 0. The molecule has 19 heavy (non-hydrogen) atoms. The summed E-state index contributed by atoms with van der Waals surface area (Å²) in [5.74, 6) is -0.151. The van der Waals surface area contributed by atoms with E-state index in [2.05, 4.69) is 17.3 Å². The molecule has 0 aliphatic rings. The van der Waals surface area contributed by atoms with Crippen molar-refractivity contribution in [2.24, 2.45) is 0 Å². The summed E-state index contributed by atoms with van der Waals surface area (Å²) < 4.78 is 10.1. The van der Waals surface area contributed by atoms with Crippen molar-refractivity contribution in [1.82, 2.24) is 10.2 Å². The van der Waals surface area contributed by atoms with Crippen LogP contribution >= 0.6 is 0 Å². The first kappa shape index (κ1) is 18.4. The monoisotopic (exact) mass is 274 g/mol. The van der Waals surface area contributed by atoms with E-state index in [0.29, 0.717) is 6.61 Å². The van der Waals surface area contributed by atoms with Gasteiger partial charge in [-0.05, 0) is 33.4 Å². The minimum absolute atomic E-state index is 0.151. The predicted molar refractivity (Wildman–Crippen MR) is 77.3 cm³/mol. The van der Waals surface area contributed by atoms with Crippen molar-refractivity contribution in [2.75, 3.05) is 40.5 Å². The average molecular weight is 274 g/mol. The van der Waals surface area contributed by atoms with Crippen LogP contribution < -0.4 is 5.32 Å². The zero-order chi connectivity index (χ0) is 14.7. The van der Waals surface area contributed by atoms with Crippen LogP contribution in [-0.2, 0) is 14.3 Å². The number of hydrogen-bond donors (Lipinski definition) is 1. The maximum absolute atomic E-state index is 11.8. The Morgan fingerprint density at radius 2 is 2.00 bits per heavy atom. The second kappa shape index (κ2) is 11.2. The number of nitrogens with zero attached hydrogens (tertiary/aromatic N) is 1. The lowest BCUT2D eigenvalue weighted by atomic mass is 10.1. The molecule has 0 spiro atoms. The van der Waals surface area contributed by atoms with Gasteiger partial charge in [-0.3, -0.25) is 4.79 Å². The molecule has 5 nitrogen and oxygen atoms in total. The van der Waals surface area contributed by atoms with E-state index in [-0.39, 0.29) is 18.1 Å². The third-order valence-electron chi connectivity index (χ3n) is 2.79. The highest BCUT2D eigenvalue weighted by Gasteiger charge is 2.20. The SMILES string of the molecule is CCOC(=O)C(CCN(C)CCCOC)NC(C)C. The molecule has 0 aliphatic heterocycles. The molecule has 114 valence electrons. The topological polar surface area (TPSA) is 50.8 Å². The fraction of sp³-hybridized carbons (Fsp3) is 0.929. The van der Waals surface area contributed by atoms with E-state index in [1.807, 2.05) is 20.8 Å². The lowest BCUT2D eigenvalue weighted by molar-refractivity contribution is -0.146. The molecule has 0 saturated heterocycles. The summed E-state index contributed by atoms with van der Waals surface area (Å²) in [5, 5.41) is 3.26. The molecule has 5 heteroatoms. The van der Waals surface area contributed by atoms with Gasteiger partial charge in [0.15, 0.2) is 0 Å². The molecular formula is C14H30N2O3. The first-order valence-electron chi connectivity index (χ1n) is 7.11. The third-order valence-corrected chi connectivity index (χ3v) is 2.79. The van der Waals surface area contributed by atoms with Crippen molar-refractivity contribution in [2.45, 2.75) is 45.7 Å². The van der Waals surface area contributed by atoms with Gasteiger partial charge in [0.1, 0.15) is 6.04 Å². The molecule has 0 fully saturated rings. The van der Waals surface area contributed by atoms with E-state index in [0.717, 1.165) is 32.5 Å². The summed E-state index contributed by atoms with van der Waals surface area (Å²) in [6.07, 6.45) is 1.77. The first-order chi connectivity index (χ1) is 9.01. The van der Waals surface area contributed by atoms with Gasteiger partial charge in [-0.1, -0.05) is 13.8 Å². The van der Waals surface area contributed by atoms with Gasteiger partial charge in [0.2, 0.25) is 0 Å². The van der Waals surface area contributed by atoms with Crippen LogP contribution in [-0.4, -0.2) is 63.4 Å². The molecule has 1 N–H and O–H groups in total. The average Bonchev–Trinajstić information content (AvgIpc) is 2.34. The minimum Gasteiger partial charge on any atom is -0.465 e. The van der Waals surface area contributed by atoms with Gasteiger partial charge >= 0.3 is 5.97 Å². The van der Waals surface area contributed by atoms with Gasteiger partial charge in [-0.25, -0.2) is 0 Å². The molecule has 1 unspecified atom stereocenters. The van der Waals surface area contributed by atoms with Crippen LogP contribution in [0.1, 0.15) is 33.6 Å². The fourth-order valence-electron chi connectivity index (χ4n) is 1.85. The number of ether oxygens (including phenoxy) is 2. The third kappa shape index (κ3) is 9.87. The molecule has 0 amide bonds. The van der Waals surface area contributed by atoms with E-state index in [1.54, 1.807) is 7.11 Å². The Kier molecular flexibility index (Phi) is 10.8. The highest BCUT2D eigenvalue weighted by atomic mass is 16.5. The minimum atomic E-state index is -0.218. The zero-order valence-corrected chi connectivity index (χ0v) is 13.1. The lowest BCUT2D eigenvalue weighted by Gasteiger charge is -2.23. The molecule has 0 heterocycles. The maximum Gasteiger partial charge on any atom is 0.323 e. The Bertz CT molecular complexity index is 235. The lowest BCUT2D eigenvalue weighted by Crippen LogP contribution is -2.43. The molecule has 0 aromatic carbocycles. The summed E-state index contributed by atoms with van der Waals surface area (Å²) in [6.45, 7) is 8.96. The largest absolute Gasteiger partial charge is 0.465 e. The summed E-state index contributed by atoms with van der Waals surface area (Å²) in [4.78, 5) is 14.0. The van der Waals surface area contributed by atoms with Gasteiger partial charge in [-0.15, -0.1) is 0 Å². The van der Waals surface area contributed by atoms with Crippen LogP contribution in [0.5, 0.6) is 0 Å². The van der Waals surface area contributed by atoms with Gasteiger partial charge in [0.25, 0.3) is 0 Å². The highest BCUT2D eigenvalue weighted by Crippen LogP contribution is 2.01. The molecular weight excluding hydrogens is 244 g/mol. The van der Waals surface area contributed by atoms with Gasteiger partial charge in [0.05, 0.1) is 6.61 Å². The highest BCUT2D eigenvalue weighted by molar-refractivity contribution is 5.75. The number of rotatable bonds is 11. The van der Waals surface area contributed by atoms with Crippen molar-refractivity contribution in [1.29, 1.82) is 0 Å². The van der Waals surface area contributed by atoms with Gasteiger partial charge in [0, 0.05) is 26.3 Å². The Labute approximate surface area is 117 Å². The Balaban J connectivity index is 4.06. The van der Waals surface area contributed by atoms with E-state index in [1.165, 1.54) is 0 Å². The Morgan fingerprint density at radius 3 is 2.53 bits per heavy atom. The van der Waals surface area contributed by atoms with Crippen LogP contribution in [0.15, 0.2) is 0 Å². The van der Waals surface area contributed by atoms with Crippen molar-refractivity contribution in [3.05, 3.63) is 0 Å². The first-order valence-corrected chi connectivity index (χ1v) is 7.11. The maximum atomic E-state index is 11.8. The molecule has 0 aliphatic carbocycles. The van der Waals surface area contributed by atoms with Crippen molar-refractivity contribution in [3.63, 3.8) is 0 Å². The standard InChI is InChI=1S/C14H30N2O3/c1-6-19-14(17)13(15-12(2)3)8-10-16(4)9-7-11-18-5/h12-13,15H,6-11H2,1-5H3. The van der Waals surface area contributed by atoms with Crippen LogP contribution in [0.3, 0.4) is 0 Å². The number of methoxy groups -OCH3 is 1. The van der Waals surface area contributed by atoms with Crippen molar-refractivity contribution >= 4 is 5.97 Å². The summed E-state index contributed by atoms with van der Waals surface area (Å²) in [7, 11) is 3.77. The number of nitrogens with one attached hydrogen (secondary N) is 1. The number of hydrogen-bond acceptors (Lipinski definition) is 5. The number of carbonyl (C=O) groups excluding carboxylic acids is 1. The van der Waals surface area contributed by atoms with E-state index < -0.39 is 0 Å². The second-order valence-corrected chi connectivity index (χ2v) is 5.06. The molecule has 0 saturated carbocycles. The molecule has 0 aromatic rings. The second-order valence-electron chi connectivity index (χ2n) is 5.06. The van der Waals surface area contributed by atoms with E-state index in [4.69, 9.17) is 9.47 Å². The fourth-order valence-corrected chi connectivity index (χ4v) is 1.85. The molecule has 0 rings (SSSR count). The van der Waals surface area contributed by atoms with Crippen molar-refractivity contribution < 1.29 is 14.3 Å². The summed E-state index contributed by atoms with van der Waals surface area (Å²) in [6, 6.07) is 0.0537. The van der Waals surface area contributed by atoms with Crippen LogP contribution in [0.4, 0.5) is 0 Å². The normalized spacial score (nSPS) is 13.0. The van der Waals surface area contributed by atoms with Gasteiger partial charge in [-0.2, -0.15) is 0 Å². The zero-order valence-electron chi connectivity index (χ0n) is 13.1. The quantitative estimate of drug-likeness (QED) is 0.454. The number of carbonyl (C=O) groups is 1. The number of esters is 1. The van der Waals surface area contributed by atoms with Crippen LogP contribution in [0.25, 0.3) is 0 Å². The summed E-state index contributed by atoms with van der Waals surface area (Å²) in [5.41, 5.74) is 0. The van der Waals surface area contributed by atoms with E-state index >= 15 is 0 Å². The van der Waals surface area contributed by atoms with E-state index in [9.17, 15) is 4.79 Å². The molecule has 1 atom stereocenters. The predicted octanol–water partition coefficient (Wildman–Crippen LogP) is 1.27. The van der Waals surface area contributed by atoms with Crippen molar-refractivity contribution in [3.8, 4) is 0 Å². The molecule has 0 radical (unpaired) electrons. The molecule has 0 bridgehead atoms. The van der Waals surface area contributed by atoms with Gasteiger partial charge < -0.3 is 19.7 Å². The molecule has 0 aromatic heterocycles. The Hall–Kier alpha value is -0.650. The van der Waals surface area contributed by atoms with Crippen LogP contribution in [0.2, 0.25) is 0 Å². The van der Waals surface area contributed by atoms with Crippen LogP contribution in [0, 0.1) is 0 Å².